The van der Waals surface area contributed by atoms with Crippen LogP contribution in [0.15, 0.2) is 54.6 Å². The highest BCUT2D eigenvalue weighted by Crippen LogP contribution is 2.36. The van der Waals surface area contributed by atoms with E-state index in [2.05, 4.69) is 25.7 Å². The minimum Gasteiger partial charge on any atom is -0.497 e. The number of hydrogen-bond donors (Lipinski definition) is 1. The first-order valence-corrected chi connectivity index (χ1v) is 13.0. The molecule has 0 radical (unpaired) electrons. The van der Waals surface area contributed by atoms with Gasteiger partial charge in [0.2, 0.25) is 5.88 Å². The maximum Gasteiger partial charge on any atom is 0.227 e. The Hall–Kier alpha value is -2.87. The highest BCUT2D eigenvalue weighted by Gasteiger charge is 2.33. The number of benzene rings is 2. The highest BCUT2D eigenvalue weighted by atomic mass is 16.5. The molecular weight excluding hydrogens is 454 g/mol. The second-order valence-electron chi connectivity index (χ2n) is 9.86. The van der Waals surface area contributed by atoms with Gasteiger partial charge in [-0.15, -0.1) is 0 Å². The van der Waals surface area contributed by atoms with Crippen LogP contribution < -0.4 is 9.47 Å². The largest absolute Gasteiger partial charge is 0.497 e. The van der Waals surface area contributed by atoms with Gasteiger partial charge < -0.3 is 19.3 Å². The summed E-state index contributed by atoms with van der Waals surface area (Å²) in [5, 5.41) is 15.7. The van der Waals surface area contributed by atoms with Crippen LogP contribution in [0.3, 0.4) is 0 Å². The molecule has 0 bridgehead atoms. The maximum absolute atomic E-state index is 10.7. The van der Waals surface area contributed by atoms with E-state index in [0.29, 0.717) is 49.9 Å². The minimum atomic E-state index is -0.540. The third kappa shape index (κ3) is 6.87. The van der Waals surface area contributed by atoms with Crippen LogP contribution in [-0.4, -0.2) is 58.8 Å². The molecule has 0 spiro atoms. The van der Waals surface area contributed by atoms with E-state index in [1.54, 1.807) is 7.11 Å². The Labute approximate surface area is 214 Å². The lowest BCUT2D eigenvalue weighted by atomic mass is 10.1. The lowest BCUT2D eigenvalue weighted by Gasteiger charge is -2.25. The van der Waals surface area contributed by atoms with Gasteiger partial charge in [-0.2, -0.15) is 5.10 Å². The van der Waals surface area contributed by atoms with Gasteiger partial charge in [0.1, 0.15) is 11.5 Å². The van der Waals surface area contributed by atoms with Crippen molar-refractivity contribution >= 4 is 0 Å². The van der Waals surface area contributed by atoms with Gasteiger partial charge in [0.15, 0.2) is 0 Å². The van der Waals surface area contributed by atoms with Crippen molar-refractivity contribution in [3.8, 4) is 23.1 Å². The average molecular weight is 494 g/mol. The summed E-state index contributed by atoms with van der Waals surface area (Å²) in [5.41, 5.74) is 2.98. The number of nitrogens with zero attached hydrogens (tertiary/aromatic N) is 3. The fraction of sp³-hybridized carbons (Fsp3) is 0.483. The number of aliphatic hydroxyl groups is 1. The standard InChI is InChI=1S/C29H39N3O4/c1-5-28-27(18-31(22-14-15-22)17-24(33)20-35-19-21(2)3)29(32(30-28)23-10-7-6-8-11-23)36-26-13-9-12-25(16-26)34-4/h6-13,16,21-22,24,33H,5,14-15,17-20H2,1-4H3. The molecular formula is C29H39N3O4. The van der Waals surface area contributed by atoms with E-state index < -0.39 is 6.10 Å². The number of para-hydroxylation sites is 1. The third-order valence-corrected chi connectivity index (χ3v) is 6.24. The molecule has 1 N–H and O–H groups in total. The summed E-state index contributed by atoms with van der Waals surface area (Å²) < 4.78 is 19.5. The normalized spacial score (nSPS) is 14.4. The summed E-state index contributed by atoms with van der Waals surface area (Å²) in [7, 11) is 1.65. The van der Waals surface area contributed by atoms with Crippen molar-refractivity contribution in [3.63, 3.8) is 0 Å². The maximum atomic E-state index is 10.7. The monoisotopic (exact) mass is 493 g/mol. The highest BCUT2D eigenvalue weighted by molar-refractivity contribution is 5.44. The smallest absolute Gasteiger partial charge is 0.227 e. The van der Waals surface area contributed by atoms with Crippen LogP contribution in [0.4, 0.5) is 0 Å². The zero-order valence-corrected chi connectivity index (χ0v) is 21.9. The van der Waals surface area contributed by atoms with Crippen LogP contribution in [-0.2, 0) is 17.7 Å². The number of aryl methyl sites for hydroxylation is 1. The predicted molar refractivity (Wildman–Crippen MR) is 141 cm³/mol. The molecule has 2 aromatic carbocycles. The number of methoxy groups -OCH3 is 1. The molecule has 4 rings (SSSR count). The molecule has 0 aliphatic heterocycles. The quantitative estimate of drug-likeness (QED) is 0.332. The fourth-order valence-electron chi connectivity index (χ4n) is 4.29. The number of aromatic nitrogens is 2. The Morgan fingerprint density at radius 2 is 1.81 bits per heavy atom. The molecule has 1 saturated carbocycles. The lowest BCUT2D eigenvalue weighted by Crippen LogP contribution is -2.36. The first kappa shape index (κ1) is 26.2. The number of aliphatic hydroxyl groups excluding tert-OH is 1. The minimum absolute atomic E-state index is 0.346. The van der Waals surface area contributed by atoms with Gasteiger partial charge >= 0.3 is 0 Å². The van der Waals surface area contributed by atoms with E-state index in [1.165, 1.54) is 0 Å². The molecule has 1 heterocycles. The molecule has 1 unspecified atom stereocenters. The van der Waals surface area contributed by atoms with E-state index >= 15 is 0 Å². The SMILES string of the molecule is CCc1nn(-c2ccccc2)c(Oc2cccc(OC)c2)c1CN(CC(O)COCC(C)C)C1CC1. The van der Waals surface area contributed by atoms with Crippen molar-refractivity contribution in [2.75, 3.05) is 26.9 Å². The van der Waals surface area contributed by atoms with Crippen LogP contribution >= 0.6 is 0 Å². The lowest BCUT2D eigenvalue weighted by molar-refractivity contribution is 0.00535. The van der Waals surface area contributed by atoms with Gasteiger partial charge in [-0.3, -0.25) is 4.90 Å². The van der Waals surface area contributed by atoms with E-state index in [1.807, 2.05) is 59.3 Å². The van der Waals surface area contributed by atoms with Gasteiger partial charge in [0.25, 0.3) is 0 Å². The van der Waals surface area contributed by atoms with Crippen molar-refractivity contribution in [1.29, 1.82) is 0 Å². The van der Waals surface area contributed by atoms with Crippen molar-refractivity contribution in [2.24, 2.45) is 5.92 Å². The third-order valence-electron chi connectivity index (χ3n) is 6.24. The van der Waals surface area contributed by atoms with Crippen molar-refractivity contribution in [1.82, 2.24) is 14.7 Å². The molecule has 7 heteroatoms. The summed E-state index contributed by atoms with van der Waals surface area (Å²) in [6.45, 7) is 8.56. The summed E-state index contributed by atoms with van der Waals surface area (Å²) >= 11 is 0. The van der Waals surface area contributed by atoms with Gasteiger partial charge in [0.05, 0.1) is 36.8 Å². The van der Waals surface area contributed by atoms with E-state index in [4.69, 9.17) is 19.3 Å². The number of rotatable bonds is 14. The van der Waals surface area contributed by atoms with E-state index in [-0.39, 0.29) is 0 Å². The fourth-order valence-corrected chi connectivity index (χ4v) is 4.29. The molecule has 0 saturated heterocycles. The van der Waals surface area contributed by atoms with E-state index in [9.17, 15) is 5.11 Å². The second-order valence-corrected chi connectivity index (χ2v) is 9.86. The second kappa shape index (κ2) is 12.4. The summed E-state index contributed by atoms with van der Waals surface area (Å²) in [5.74, 6) is 2.57. The van der Waals surface area contributed by atoms with Gasteiger partial charge in [0, 0.05) is 31.8 Å². The molecule has 1 aliphatic carbocycles. The molecule has 1 atom stereocenters. The Bertz CT molecular complexity index is 1100. The Morgan fingerprint density at radius 1 is 1.06 bits per heavy atom. The number of hydrogen-bond acceptors (Lipinski definition) is 6. The van der Waals surface area contributed by atoms with Crippen LogP contribution in [0, 0.1) is 5.92 Å². The van der Waals surface area contributed by atoms with Gasteiger partial charge in [-0.1, -0.05) is 45.0 Å². The van der Waals surface area contributed by atoms with Crippen molar-refractivity contribution < 1.29 is 19.3 Å². The predicted octanol–water partition coefficient (Wildman–Crippen LogP) is 5.23. The van der Waals surface area contributed by atoms with Crippen LogP contribution in [0.1, 0.15) is 44.9 Å². The molecule has 0 amide bonds. The van der Waals surface area contributed by atoms with Gasteiger partial charge in [-0.25, -0.2) is 4.68 Å². The summed E-state index contributed by atoms with van der Waals surface area (Å²) in [4.78, 5) is 2.35. The first-order valence-electron chi connectivity index (χ1n) is 13.0. The average Bonchev–Trinajstić information content (AvgIpc) is 3.68. The van der Waals surface area contributed by atoms with Crippen LogP contribution in [0.25, 0.3) is 5.69 Å². The van der Waals surface area contributed by atoms with Crippen molar-refractivity contribution in [2.45, 2.75) is 58.7 Å². The summed E-state index contributed by atoms with van der Waals surface area (Å²) in [6, 6.07) is 18.1. The molecule has 1 aromatic heterocycles. The zero-order valence-electron chi connectivity index (χ0n) is 21.9. The Balaban J connectivity index is 1.64. The number of ether oxygens (including phenoxy) is 3. The first-order chi connectivity index (χ1) is 17.5. The topological polar surface area (TPSA) is 69.0 Å². The summed E-state index contributed by atoms with van der Waals surface area (Å²) in [6.07, 6.45) is 2.52. The van der Waals surface area contributed by atoms with Crippen LogP contribution in [0.5, 0.6) is 17.4 Å². The van der Waals surface area contributed by atoms with Crippen molar-refractivity contribution in [3.05, 3.63) is 65.9 Å². The zero-order chi connectivity index (χ0) is 25.5. The van der Waals surface area contributed by atoms with Crippen LogP contribution in [0.2, 0.25) is 0 Å². The van der Waals surface area contributed by atoms with E-state index in [0.717, 1.165) is 42.0 Å². The molecule has 194 valence electrons. The Morgan fingerprint density at radius 3 is 2.47 bits per heavy atom. The van der Waals surface area contributed by atoms with Gasteiger partial charge in [-0.05, 0) is 49.4 Å². The molecule has 3 aromatic rings. The molecule has 1 fully saturated rings. The Kier molecular flexibility index (Phi) is 9.02. The molecule has 1 aliphatic rings. The molecule has 36 heavy (non-hydrogen) atoms. The molecule has 7 nitrogen and oxygen atoms in total.